The summed E-state index contributed by atoms with van der Waals surface area (Å²) in [6.07, 6.45) is 0. The van der Waals surface area contributed by atoms with Crippen LogP contribution in [-0.4, -0.2) is 24.9 Å². The Morgan fingerprint density at radius 1 is 0.231 bits per heavy atom. The van der Waals surface area contributed by atoms with Crippen LogP contribution in [0, 0.1) is 0 Å². The van der Waals surface area contributed by atoms with Gasteiger partial charge in [0.2, 0.25) is 0 Å². The van der Waals surface area contributed by atoms with Crippen LogP contribution in [-0.2, 0) is 0 Å². The molecular weight excluding hydrogens is 795 g/mol. The maximum Gasteiger partial charge on any atom is 0.164 e. The molecule has 0 fully saturated rings. The summed E-state index contributed by atoms with van der Waals surface area (Å²) in [5.74, 6) is 2.54. The van der Waals surface area contributed by atoms with Gasteiger partial charge in [0.25, 0.3) is 0 Å². The lowest BCUT2D eigenvalue weighted by molar-refractivity contribution is 0.669. The summed E-state index contributed by atoms with van der Waals surface area (Å²) in [7, 11) is 0. The molecule has 6 heteroatoms. The van der Waals surface area contributed by atoms with Crippen LogP contribution in [0.15, 0.2) is 229 Å². The summed E-state index contributed by atoms with van der Waals surface area (Å²) in [4.78, 5) is 25.3. The highest BCUT2D eigenvalue weighted by Gasteiger charge is 2.16. The average molecular weight is 832 g/mol. The van der Waals surface area contributed by atoms with Crippen molar-refractivity contribution >= 4 is 32.7 Å². The molecule has 0 aliphatic heterocycles. The van der Waals surface area contributed by atoms with Crippen LogP contribution in [0.4, 0.5) is 0 Å². The Morgan fingerprint density at radius 2 is 0.662 bits per heavy atom. The van der Waals surface area contributed by atoms with Gasteiger partial charge in [0, 0.05) is 44.2 Å². The summed E-state index contributed by atoms with van der Waals surface area (Å²) < 4.78 is 6.32. The highest BCUT2D eigenvalue weighted by Crippen LogP contribution is 2.36. The molecule has 12 aromatic rings. The first-order valence-electron chi connectivity index (χ1n) is 21.6. The third kappa shape index (κ3) is 7.39. The van der Waals surface area contributed by atoms with Gasteiger partial charge in [-0.3, -0.25) is 0 Å². The van der Waals surface area contributed by atoms with Gasteiger partial charge in [0.15, 0.2) is 23.3 Å². The molecule has 0 saturated heterocycles. The molecule has 0 N–H and O–H groups in total. The molecular formula is C59H37N5O. The van der Waals surface area contributed by atoms with Crippen molar-refractivity contribution in [3.63, 3.8) is 0 Å². The van der Waals surface area contributed by atoms with Gasteiger partial charge in [-0.05, 0) is 81.6 Å². The summed E-state index contributed by atoms with van der Waals surface area (Å²) in [6.45, 7) is 0. The van der Waals surface area contributed by atoms with E-state index in [0.717, 1.165) is 94.3 Å². The van der Waals surface area contributed by atoms with Crippen molar-refractivity contribution in [3.05, 3.63) is 224 Å². The lowest BCUT2D eigenvalue weighted by atomic mass is 9.96. The third-order valence-electron chi connectivity index (χ3n) is 11.9. The number of furan rings is 1. The Hall–Kier alpha value is -8.87. The van der Waals surface area contributed by atoms with E-state index in [9.17, 15) is 0 Å². The Morgan fingerprint density at radius 3 is 1.32 bits per heavy atom. The minimum absolute atomic E-state index is 0.619. The van der Waals surface area contributed by atoms with Crippen LogP contribution in [0.25, 0.3) is 123 Å². The van der Waals surface area contributed by atoms with E-state index in [4.69, 9.17) is 29.3 Å². The number of hydrogen-bond donors (Lipinski definition) is 0. The van der Waals surface area contributed by atoms with Crippen molar-refractivity contribution in [2.75, 3.05) is 0 Å². The molecule has 304 valence electrons. The van der Waals surface area contributed by atoms with E-state index in [2.05, 4.69) is 146 Å². The van der Waals surface area contributed by atoms with E-state index in [1.807, 2.05) is 78.9 Å². The zero-order chi connectivity index (χ0) is 43.1. The van der Waals surface area contributed by atoms with Gasteiger partial charge in [-0.1, -0.05) is 176 Å². The van der Waals surface area contributed by atoms with Gasteiger partial charge >= 0.3 is 0 Å². The fourth-order valence-corrected chi connectivity index (χ4v) is 8.60. The minimum Gasteiger partial charge on any atom is -0.456 e. The quantitative estimate of drug-likeness (QED) is 0.152. The van der Waals surface area contributed by atoms with Crippen LogP contribution in [0.3, 0.4) is 0 Å². The van der Waals surface area contributed by atoms with Gasteiger partial charge < -0.3 is 4.42 Å². The van der Waals surface area contributed by atoms with Crippen LogP contribution >= 0.6 is 0 Å². The van der Waals surface area contributed by atoms with Crippen LogP contribution in [0.2, 0.25) is 0 Å². The van der Waals surface area contributed by atoms with Crippen LogP contribution in [0.5, 0.6) is 0 Å². The first-order chi connectivity index (χ1) is 32.1. The van der Waals surface area contributed by atoms with Crippen LogP contribution < -0.4 is 0 Å². The van der Waals surface area contributed by atoms with Gasteiger partial charge in [-0.15, -0.1) is 0 Å². The first kappa shape index (κ1) is 37.9. The van der Waals surface area contributed by atoms with Gasteiger partial charge in [-0.25, -0.2) is 24.9 Å². The second kappa shape index (κ2) is 16.1. The summed E-state index contributed by atoms with van der Waals surface area (Å²) >= 11 is 0. The molecule has 3 heterocycles. The number of hydrogen-bond acceptors (Lipinski definition) is 6. The Kier molecular flexibility index (Phi) is 9.38. The molecule has 9 aromatic carbocycles. The fourth-order valence-electron chi connectivity index (χ4n) is 8.60. The maximum absolute atomic E-state index is 6.32. The van der Waals surface area contributed by atoms with Crippen molar-refractivity contribution in [3.8, 4) is 90.3 Å². The standard InChI is InChI=1S/C59H37N5O/c1-3-15-39(16-4-1)56-62-57(40-17-5-2-6-18-40)64-59(63-56)48-25-13-23-45(35-48)43-21-11-20-42(32-43)44-22-12-24-46(33-44)52-37-53(47-30-31-51-50-26-9-10-27-54(50)65-55(51)36-47)61-58(60-52)49-29-28-38-14-7-8-19-41(38)34-49/h1-37H. The molecule has 0 unspecified atom stereocenters. The highest BCUT2D eigenvalue weighted by molar-refractivity contribution is 6.06. The highest BCUT2D eigenvalue weighted by atomic mass is 16.3. The van der Waals surface area contributed by atoms with Crippen molar-refractivity contribution in [2.24, 2.45) is 0 Å². The molecule has 3 aromatic heterocycles. The molecule has 0 saturated carbocycles. The van der Waals surface area contributed by atoms with Crippen LogP contribution in [0.1, 0.15) is 0 Å². The average Bonchev–Trinajstić information content (AvgIpc) is 3.77. The predicted octanol–water partition coefficient (Wildman–Crippen LogP) is 15.1. The van der Waals surface area contributed by atoms with Crippen molar-refractivity contribution in [1.82, 2.24) is 24.9 Å². The monoisotopic (exact) mass is 831 g/mol. The number of nitrogens with zero attached hydrogens (tertiary/aromatic N) is 5. The number of para-hydroxylation sites is 1. The maximum atomic E-state index is 6.32. The van der Waals surface area contributed by atoms with Crippen molar-refractivity contribution in [1.29, 1.82) is 0 Å². The molecule has 65 heavy (non-hydrogen) atoms. The zero-order valence-electron chi connectivity index (χ0n) is 35.0. The Balaban J connectivity index is 0.922. The fraction of sp³-hybridized carbons (Fsp3) is 0. The van der Waals surface area contributed by atoms with E-state index < -0.39 is 0 Å². The molecule has 0 amide bonds. The Bertz CT molecular complexity index is 3670. The molecule has 0 aliphatic rings. The smallest absolute Gasteiger partial charge is 0.164 e. The molecule has 0 bridgehead atoms. The number of fused-ring (bicyclic) bond motifs is 4. The number of aromatic nitrogens is 5. The van der Waals surface area contributed by atoms with E-state index in [0.29, 0.717) is 23.3 Å². The van der Waals surface area contributed by atoms with Gasteiger partial charge in [0.05, 0.1) is 11.4 Å². The normalized spacial score (nSPS) is 11.4. The lowest BCUT2D eigenvalue weighted by Gasteiger charge is -2.12. The number of rotatable bonds is 8. The van der Waals surface area contributed by atoms with Gasteiger partial charge in [-0.2, -0.15) is 0 Å². The molecule has 0 atom stereocenters. The molecule has 12 rings (SSSR count). The molecule has 6 nitrogen and oxygen atoms in total. The number of benzene rings is 9. The lowest BCUT2D eigenvalue weighted by Crippen LogP contribution is -2.00. The van der Waals surface area contributed by atoms with Crippen molar-refractivity contribution < 1.29 is 4.42 Å². The SMILES string of the molecule is c1ccc(-c2nc(-c3ccccc3)nc(-c3cccc(-c4cccc(-c5cccc(-c6cc(-c7ccc8c(c7)oc7ccccc78)nc(-c7ccc8ccccc8c7)n6)c5)c4)c3)n2)cc1. The minimum atomic E-state index is 0.619. The van der Waals surface area contributed by atoms with E-state index in [-0.39, 0.29) is 0 Å². The Labute approximate surface area is 375 Å². The molecule has 0 spiro atoms. The van der Waals surface area contributed by atoms with E-state index in [1.54, 1.807) is 0 Å². The summed E-state index contributed by atoms with van der Waals surface area (Å²) in [6, 6.07) is 77.2. The van der Waals surface area contributed by atoms with Crippen molar-refractivity contribution in [2.45, 2.75) is 0 Å². The summed E-state index contributed by atoms with van der Waals surface area (Å²) in [5.41, 5.74) is 13.3. The van der Waals surface area contributed by atoms with E-state index >= 15 is 0 Å². The molecule has 0 aliphatic carbocycles. The third-order valence-corrected chi connectivity index (χ3v) is 11.9. The van der Waals surface area contributed by atoms with E-state index in [1.165, 1.54) is 5.39 Å². The molecule has 0 radical (unpaired) electrons. The topological polar surface area (TPSA) is 77.6 Å². The zero-order valence-corrected chi connectivity index (χ0v) is 35.0. The second-order valence-corrected chi connectivity index (χ2v) is 16.1. The predicted molar refractivity (Wildman–Crippen MR) is 264 cm³/mol. The second-order valence-electron chi connectivity index (χ2n) is 16.1. The van der Waals surface area contributed by atoms with Gasteiger partial charge in [0.1, 0.15) is 11.2 Å². The largest absolute Gasteiger partial charge is 0.456 e. The summed E-state index contributed by atoms with van der Waals surface area (Å²) in [5, 5.41) is 4.49. The first-order valence-corrected chi connectivity index (χ1v) is 21.6.